The average Bonchev–Trinajstić information content (AvgIpc) is 2.78. The van der Waals surface area contributed by atoms with E-state index in [-0.39, 0.29) is 22.5 Å². The predicted octanol–water partition coefficient (Wildman–Crippen LogP) is 1.36. The van der Waals surface area contributed by atoms with Crippen molar-refractivity contribution in [2.45, 2.75) is 50.5 Å². The Hall–Kier alpha value is -1.34. The smallest absolute Gasteiger partial charge is 0.267 e. The lowest BCUT2D eigenvalue weighted by Crippen LogP contribution is -2.32. The third-order valence-electron chi connectivity index (χ3n) is 2.85. The van der Waals surface area contributed by atoms with Gasteiger partial charge in [-0.25, -0.2) is 13.6 Å². The SMILES string of the molecule is CCCCCC(C)NC(=O)c1cc(S(N)(=O)=O)c[nH]1. The lowest BCUT2D eigenvalue weighted by atomic mass is 10.1. The summed E-state index contributed by atoms with van der Waals surface area (Å²) < 4.78 is 22.2. The zero-order valence-corrected chi connectivity index (χ0v) is 12.1. The molecular weight excluding hydrogens is 266 g/mol. The molecule has 0 saturated carbocycles. The summed E-state index contributed by atoms with van der Waals surface area (Å²) in [6, 6.07) is 1.30. The first-order valence-corrected chi connectivity index (χ1v) is 7.91. The van der Waals surface area contributed by atoms with Crippen LogP contribution < -0.4 is 10.5 Å². The molecule has 0 aliphatic carbocycles. The zero-order chi connectivity index (χ0) is 14.5. The highest BCUT2D eigenvalue weighted by Crippen LogP contribution is 2.09. The second-order valence-electron chi connectivity index (χ2n) is 4.66. The molecule has 0 fully saturated rings. The number of primary sulfonamides is 1. The number of carbonyl (C=O) groups is 1. The first-order valence-electron chi connectivity index (χ1n) is 6.36. The minimum Gasteiger partial charge on any atom is -0.356 e. The minimum absolute atomic E-state index is 0.0558. The normalized spacial score (nSPS) is 13.2. The quantitative estimate of drug-likeness (QED) is 0.659. The number of amides is 1. The topological polar surface area (TPSA) is 105 Å². The van der Waals surface area contributed by atoms with Crippen molar-refractivity contribution in [1.82, 2.24) is 10.3 Å². The Morgan fingerprint density at radius 1 is 1.47 bits per heavy atom. The van der Waals surface area contributed by atoms with Crippen LogP contribution in [0.4, 0.5) is 0 Å². The predicted molar refractivity (Wildman–Crippen MR) is 73.2 cm³/mol. The summed E-state index contributed by atoms with van der Waals surface area (Å²) in [5.41, 5.74) is 0.200. The Balaban J connectivity index is 2.56. The summed E-state index contributed by atoms with van der Waals surface area (Å²) in [6.07, 6.45) is 5.45. The number of hydrogen-bond acceptors (Lipinski definition) is 3. The molecule has 1 aromatic rings. The van der Waals surface area contributed by atoms with Gasteiger partial charge in [-0.1, -0.05) is 26.2 Å². The number of rotatable bonds is 7. The van der Waals surface area contributed by atoms with E-state index in [1.54, 1.807) is 0 Å². The van der Waals surface area contributed by atoms with Gasteiger partial charge in [-0.15, -0.1) is 0 Å². The third-order valence-corrected chi connectivity index (χ3v) is 3.74. The molecular formula is C12H21N3O3S. The van der Waals surface area contributed by atoms with Gasteiger partial charge in [0.1, 0.15) is 5.69 Å². The van der Waals surface area contributed by atoms with Crippen LogP contribution in [-0.2, 0) is 10.0 Å². The molecule has 4 N–H and O–H groups in total. The Bertz CT molecular complexity index is 522. The number of aromatic nitrogens is 1. The summed E-state index contributed by atoms with van der Waals surface area (Å²) in [7, 11) is -3.77. The molecule has 0 bridgehead atoms. The van der Waals surface area contributed by atoms with Gasteiger partial charge in [0.05, 0.1) is 4.90 Å². The molecule has 0 aliphatic rings. The van der Waals surface area contributed by atoms with Gasteiger partial charge in [0.15, 0.2) is 0 Å². The van der Waals surface area contributed by atoms with Crippen LogP contribution in [0, 0.1) is 0 Å². The number of aromatic amines is 1. The monoisotopic (exact) mass is 287 g/mol. The fourth-order valence-corrected chi connectivity index (χ4v) is 2.25. The molecule has 1 atom stereocenters. The lowest BCUT2D eigenvalue weighted by Gasteiger charge is -2.12. The minimum atomic E-state index is -3.77. The number of H-pyrrole nitrogens is 1. The largest absolute Gasteiger partial charge is 0.356 e. The number of unbranched alkanes of at least 4 members (excludes halogenated alkanes) is 2. The maximum Gasteiger partial charge on any atom is 0.267 e. The van der Waals surface area contributed by atoms with Gasteiger partial charge in [0.2, 0.25) is 10.0 Å². The standard InChI is InChI=1S/C12H21N3O3S/c1-3-4-5-6-9(2)15-12(16)11-7-10(8-14-11)19(13,17)18/h7-9,14H,3-6H2,1-2H3,(H,15,16)(H2,13,17,18). The Morgan fingerprint density at radius 2 is 2.16 bits per heavy atom. The fourth-order valence-electron chi connectivity index (χ4n) is 1.74. The second kappa shape index (κ2) is 6.72. The van der Waals surface area contributed by atoms with Crippen molar-refractivity contribution in [2.75, 3.05) is 0 Å². The van der Waals surface area contributed by atoms with Crippen LogP contribution in [0.25, 0.3) is 0 Å². The number of hydrogen-bond donors (Lipinski definition) is 3. The highest BCUT2D eigenvalue weighted by atomic mass is 32.2. The number of nitrogens with one attached hydrogen (secondary N) is 2. The maximum atomic E-state index is 11.9. The van der Waals surface area contributed by atoms with Crippen LogP contribution in [0.5, 0.6) is 0 Å². The van der Waals surface area contributed by atoms with E-state index in [0.29, 0.717) is 0 Å². The van der Waals surface area contributed by atoms with Crippen LogP contribution in [0.1, 0.15) is 50.0 Å². The molecule has 0 spiro atoms. The first kappa shape index (κ1) is 15.7. The van der Waals surface area contributed by atoms with E-state index in [9.17, 15) is 13.2 Å². The first-order chi connectivity index (χ1) is 8.84. The molecule has 1 rings (SSSR count). The van der Waals surface area contributed by atoms with Gasteiger partial charge in [-0.2, -0.15) is 0 Å². The molecule has 1 aromatic heterocycles. The number of carbonyl (C=O) groups excluding carboxylic acids is 1. The van der Waals surface area contributed by atoms with E-state index >= 15 is 0 Å². The second-order valence-corrected chi connectivity index (χ2v) is 6.23. The zero-order valence-electron chi connectivity index (χ0n) is 11.3. The van der Waals surface area contributed by atoms with Crippen LogP contribution in [0.3, 0.4) is 0 Å². The average molecular weight is 287 g/mol. The summed E-state index contributed by atoms with van der Waals surface area (Å²) in [5.74, 6) is -0.320. The third kappa shape index (κ3) is 5.04. The van der Waals surface area contributed by atoms with E-state index in [4.69, 9.17) is 5.14 Å². The van der Waals surface area contributed by atoms with Crippen LogP contribution in [0.2, 0.25) is 0 Å². The number of nitrogens with two attached hydrogens (primary N) is 1. The van der Waals surface area contributed by atoms with Gasteiger partial charge >= 0.3 is 0 Å². The summed E-state index contributed by atoms with van der Waals surface area (Å²) in [4.78, 5) is 14.4. The molecule has 0 radical (unpaired) electrons. The van der Waals surface area contributed by atoms with Gasteiger partial charge < -0.3 is 10.3 Å². The highest BCUT2D eigenvalue weighted by molar-refractivity contribution is 7.89. The summed E-state index contributed by atoms with van der Waals surface area (Å²) >= 11 is 0. The van der Waals surface area contributed by atoms with E-state index in [0.717, 1.165) is 25.7 Å². The van der Waals surface area contributed by atoms with E-state index in [1.807, 2.05) is 6.92 Å². The van der Waals surface area contributed by atoms with Gasteiger partial charge in [-0.3, -0.25) is 4.79 Å². The van der Waals surface area contributed by atoms with Crippen molar-refractivity contribution in [2.24, 2.45) is 5.14 Å². The molecule has 0 aliphatic heterocycles. The van der Waals surface area contributed by atoms with E-state index in [2.05, 4.69) is 17.2 Å². The molecule has 1 amide bonds. The highest BCUT2D eigenvalue weighted by Gasteiger charge is 2.15. The Kier molecular flexibility index (Phi) is 5.56. The molecule has 0 saturated heterocycles. The molecule has 7 heteroatoms. The Labute approximate surface area is 113 Å². The van der Waals surface area contributed by atoms with Crippen LogP contribution in [-0.4, -0.2) is 25.4 Å². The number of sulfonamides is 1. The summed E-state index contributed by atoms with van der Waals surface area (Å²) in [5, 5.41) is 7.79. The van der Waals surface area contributed by atoms with E-state index in [1.165, 1.54) is 12.3 Å². The van der Waals surface area contributed by atoms with Crippen molar-refractivity contribution < 1.29 is 13.2 Å². The molecule has 1 heterocycles. The summed E-state index contributed by atoms with van der Waals surface area (Å²) in [6.45, 7) is 4.05. The Morgan fingerprint density at radius 3 is 2.68 bits per heavy atom. The molecule has 1 unspecified atom stereocenters. The van der Waals surface area contributed by atoms with Gasteiger partial charge in [-0.05, 0) is 19.4 Å². The van der Waals surface area contributed by atoms with E-state index < -0.39 is 10.0 Å². The van der Waals surface area contributed by atoms with Crippen molar-refractivity contribution in [3.8, 4) is 0 Å². The van der Waals surface area contributed by atoms with Crippen LogP contribution >= 0.6 is 0 Å². The maximum absolute atomic E-state index is 11.9. The van der Waals surface area contributed by atoms with Gasteiger partial charge in [0, 0.05) is 12.2 Å². The molecule has 0 aromatic carbocycles. The molecule has 108 valence electrons. The van der Waals surface area contributed by atoms with Crippen molar-refractivity contribution in [3.05, 3.63) is 18.0 Å². The lowest BCUT2D eigenvalue weighted by molar-refractivity contribution is 0.0933. The molecule has 6 nitrogen and oxygen atoms in total. The van der Waals surface area contributed by atoms with Crippen molar-refractivity contribution in [1.29, 1.82) is 0 Å². The van der Waals surface area contributed by atoms with Crippen molar-refractivity contribution in [3.63, 3.8) is 0 Å². The fraction of sp³-hybridized carbons (Fsp3) is 0.583. The van der Waals surface area contributed by atoms with Gasteiger partial charge in [0.25, 0.3) is 5.91 Å². The van der Waals surface area contributed by atoms with Crippen LogP contribution in [0.15, 0.2) is 17.2 Å². The molecule has 19 heavy (non-hydrogen) atoms. The van der Waals surface area contributed by atoms with Crippen molar-refractivity contribution >= 4 is 15.9 Å².